The molecule has 0 radical (unpaired) electrons. The number of primary amides is 1. The molecule has 0 bridgehead atoms. The van der Waals surface area contributed by atoms with Crippen LogP contribution in [0, 0.1) is 0 Å². The first-order valence-corrected chi connectivity index (χ1v) is 9.25. The van der Waals surface area contributed by atoms with Crippen LogP contribution in [0.4, 0.5) is 10.5 Å². The predicted molar refractivity (Wildman–Crippen MR) is 108 cm³/mol. The number of hydrogen-bond donors (Lipinski definition) is 3. The highest BCUT2D eigenvalue weighted by atomic mass is 16.2. The first kappa shape index (κ1) is 19.0. The lowest BCUT2D eigenvalue weighted by Gasteiger charge is -2.21. The van der Waals surface area contributed by atoms with Crippen LogP contribution in [0.3, 0.4) is 0 Å². The van der Waals surface area contributed by atoms with Crippen LogP contribution in [-0.2, 0) is 22.2 Å². The summed E-state index contributed by atoms with van der Waals surface area (Å²) >= 11 is 0. The van der Waals surface area contributed by atoms with E-state index in [-0.39, 0.29) is 16.7 Å². The van der Waals surface area contributed by atoms with Gasteiger partial charge in [0.2, 0.25) is 5.91 Å². The van der Waals surface area contributed by atoms with Crippen molar-refractivity contribution in [3.05, 3.63) is 65.2 Å². The van der Waals surface area contributed by atoms with Gasteiger partial charge >= 0.3 is 6.03 Å². The molecule has 2 aromatic rings. The Morgan fingerprint density at radius 3 is 2.07 bits per heavy atom. The zero-order valence-electron chi connectivity index (χ0n) is 16.1. The van der Waals surface area contributed by atoms with E-state index in [0.717, 1.165) is 24.0 Å². The summed E-state index contributed by atoms with van der Waals surface area (Å²) < 4.78 is 0. The van der Waals surface area contributed by atoms with Crippen LogP contribution >= 0.6 is 0 Å². The van der Waals surface area contributed by atoms with Crippen LogP contribution < -0.4 is 16.4 Å². The number of urea groups is 1. The van der Waals surface area contributed by atoms with Crippen molar-refractivity contribution < 1.29 is 9.59 Å². The Kier molecular flexibility index (Phi) is 4.96. The van der Waals surface area contributed by atoms with E-state index in [2.05, 4.69) is 55.7 Å². The number of carbonyl (C=O) groups excluding carboxylic acids is 2. The summed E-state index contributed by atoms with van der Waals surface area (Å²) in [6, 6.07) is 15.1. The second-order valence-corrected chi connectivity index (χ2v) is 8.28. The Hall–Kier alpha value is -2.82. The SMILES string of the molecule is CC(C)(C)c1ccc(C2(C(=O)NCc3ccc(NC(N)=O)cc3)CC2)cc1. The molecule has 1 aliphatic carbocycles. The maximum absolute atomic E-state index is 12.8. The standard InChI is InChI=1S/C22H27N3O2/c1-21(2,3)16-6-8-17(9-7-16)22(12-13-22)19(26)24-14-15-4-10-18(11-5-15)25-20(23)27/h4-11H,12-14H2,1-3H3,(H,24,26)(H3,23,25,27). The van der Waals surface area contributed by atoms with E-state index in [1.54, 1.807) is 12.1 Å². The molecule has 1 aliphatic rings. The molecule has 2 aromatic carbocycles. The first-order valence-electron chi connectivity index (χ1n) is 9.25. The molecular formula is C22H27N3O2. The molecule has 3 amide bonds. The molecule has 1 fully saturated rings. The average Bonchev–Trinajstić information content (AvgIpc) is 3.42. The number of rotatable bonds is 5. The maximum atomic E-state index is 12.8. The van der Waals surface area contributed by atoms with Gasteiger partial charge in [0, 0.05) is 12.2 Å². The minimum Gasteiger partial charge on any atom is -0.351 e. The van der Waals surface area contributed by atoms with Gasteiger partial charge in [0.15, 0.2) is 0 Å². The number of anilines is 1. The first-order chi connectivity index (χ1) is 12.7. The van der Waals surface area contributed by atoms with E-state index >= 15 is 0 Å². The second kappa shape index (κ2) is 7.06. The molecule has 0 spiro atoms. The van der Waals surface area contributed by atoms with Crippen LogP contribution in [0.15, 0.2) is 48.5 Å². The molecule has 0 aromatic heterocycles. The molecule has 5 nitrogen and oxygen atoms in total. The fraction of sp³-hybridized carbons (Fsp3) is 0.364. The average molecular weight is 365 g/mol. The van der Waals surface area contributed by atoms with E-state index in [1.165, 1.54) is 5.56 Å². The number of hydrogen-bond acceptors (Lipinski definition) is 2. The van der Waals surface area contributed by atoms with Gasteiger partial charge < -0.3 is 16.4 Å². The van der Waals surface area contributed by atoms with Crippen molar-refractivity contribution in [1.82, 2.24) is 5.32 Å². The van der Waals surface area contributed by atoms with Crippen molar-refractivity contribution in [2.75, 3.05) is 5.32 Å². The molecule has 142 valence electrons. The summed E-state index contributed by atoms with van der Waals surface area (Å²) in [5, 5.41) is 5.57. The summed E-state index contributed by atoms with van der Waals surface area (Å²) in [7, 11) is 0. The zero-order chi connectivity index (χ0) is 19.7. The molecule has 5 heteroatoms. The third-order valence-corrected chi connectivity index (χ3v) is 5.16. The third-order valence-electron chi connectivity index (χ3n) is 5.16. The molecule has 0 atom stereocenters. The summed E-state index contributed by atoms with van der Waals surface area (Å²) in [5.41, 5.74) is 8.78. The van der Waals surface area contributed by atoms with E-state index in [4.69, 9.17) is 5.73 Å². The number of benzene rings is 2. The molecule has 0 unspecified atom stereocenters. The Balaban J connectivity index is 1.63. The summed E-state index contributed by atoms with van der Waals surface area (Å²) in [6.07, 6.45) is 1.77. The quantitative estimate of drug-likeness (QED) is 0.752. The molecule has 3 rings (SSSR count). The summed E-state index contributed by atoms with van der Waals surface area (Å²) in [5.74, 6) is 0.0744. The van der Waals surface area contributed by atoms with Gasteiger partial charge in [0.25, 0.3) is 0 Å². The number of carbonyl (C=O) groups is 2. The molecule has 27 heavy (non-hydrogen) atoms. The highest BCUT2D eigenvalue weighted by Crippen LogP contribution is 2.48. The third kappa shape index (κ3) is 4.30. The van der Waals surface area contributed by atoms with Gasteiger partial charge in [-0.1, -0.05) is 57.2 Å². The lowest BCUT2D eigenvalue weighted by molar-refractivity contribution is -0.123. The van der Waals surface area contributed by atoms with Crippen LogP contribution in [0.25, 0.3) is 0 Å². The van der Waals surface area contributed by atoms with Crippen LogP contribution in [-0.4, -0.2) is 11.9 Å². The van der Waals surface area contributed by atoms with Gasteiger partial charge in [0.05, 0.1) is 5.41 Å². The van der Waals surface area contributed by atoms with Gasteiger partial charge in [-0.15, -0.1) is 0 Å². The van der Waals surface area contributed by atoms with Crippen molar-refractivity contribution >= 4 is 17.6 Å². The van der Waals surface area contributed by atoms with E-state index < -0.39 is 6.03 Å². The summed E-state index contributed by atoms with van der Waals surface area (Å²) in [4.78, 5) is 23.7. The minimum atomic E-state index is -0.593. The number of nitrogens with one attached hydrogen (secondary N) is 2. The largest absolute Gasteiger partial charge is 0.351 e. The zero-order valence-corrected chi connectivity index (χ0v) is 16.1. The topological polar surface area (TPSA) is 84.2 Å². The van der Waals surface area contributed by atoms with Gasteiger partial charge in [-0.05, 0) is 47.1 Å². The smallest absolute Gasteiger partial charge is 0.316 e. The van der Waals surface area contributed by atoms with Gasteiger partial charge in [-0.25, -0.2) is 4.79 Å². The molecule has 4 N–H and O–H groups in total. The Bertz CT molecular complexity index is 829. The number of nitrogens with two attached hydrogens (primary N) is 1. The second-order valence-electron chi connectivity index (χ2n) is 8.28. The fourth-order valence-corrected chi connectivity index (χ4v) is 3.26. The molecule has 0 heterocycles. The van der Waals surface area contributed by atoms with Gasteiger partial charge in [-0.2, -0.15) is 0 Å². The van der Waals surface area contributed by atoms with Crippen molar-refractivity contribution in [2.45, 2.75) is 51.0 Å². The Labute approximate surface area is 160 Å². The Morgan fingerprint density at radius 1 is 1.00 bits per heavy atom. The van der Waals surface area contributed by atoms with Crippen LogP contribution in [0.5, 0.6) is 0 Å². The van der Waals surface area contributed by atoms with Crippen molar-refractivity contribution in [3.63, 3.8) is 0 Å². The van der Waals surface area contributed by atoms with Crippen molar-refractivity contribution in [1.29, 1.82) is 0 Å². The predicted octanol–water partition coefficient (Wildman–Crippen LogP) is 3.82. The van der Waals surface area contributed by atoms with E-state index in [0.29, 0.717) is 12.2 Å². The molecule has 0 saturated heterocycles. The molecule has 0 aliphatic heterocycles. The van der Waals surface area contributed by atoms with Gasteiger partial charge in [0.1, 0.15) is 0 Å². The van der Waals surface area contributed by atoms with Crippen LogP contribution in [0.1, 0.15) is 50.3 Å². The summed E-state index contributed by atoms with van der Waals surface area (Å²) in [6.45, 7) is 7.01. The maximum Gasteiger partial charge on any atom is 0.316 e. The minimum absolute atomic E-state index is 0.0744. The normalized spacial score (nSPS) is 15.1. The lowest BCUT2D eigenvalue weighted by atomic mass is 9.85. The monoisotopic (exact) mass is 365 g/mol. The fourth-order valence-electron chi connectivity index (χ4n) is 3.26. The molecule has 1 saturated carbocycles. The highest BCUT2D eigenvalue weighted by Gasteiger charge is 2.51. The molecular weight excluding hydrogens is 338 g/mol. The number of amides is 3. The van der Waals surface area contributed by atoms with Gasteiger partial charge in [-0.3, -0.25) is 4.79 Å². The highest BCUT2D eigenvalue weighted by molar-refractivity contribution is 5.91. The van der Waals surface area contributed by atoms with E-state index in [9.17, 15) is 9.59 Å². The Morgan fingerprint density at radius 2 is 1.59 bits per heavy atom. The lowest BCUT2D eigenvalue weighted by Crippen LogP contribution is -2.34. The van der Waals surface area contributed by atoms with Crippen molar-refractivity contribution in [3.8, 4) is 0 Å². The van der Waals surface area contributed by atoms with Crippen LogP contribution in [0.2, 0.25) is 0 Å². The van der Waals surface area contributed by atoms with E-state index in [1.807, 2.05) is 12.1 Å². The van der Waals surface area contributed by atoms with Crippen molar-refractivity contribution in [2.24, 2.45) is 5.73 Å².